The summed E-state index contributed by atoms with van der Waals surface area (Å²) in [6, 6.07) is 1.85. The smallest absolute Gasteiger partial charge is 0.169 e. The maximum absolute atomic E-state index is 12.4. The molecule has 0 aromatic carbocycles. The van der Waals surface area contributed by atoms with Gasteiger partial charge in [0.25, 0.3) is 0 Å². The SMILES string of the molecule is Cc1cc(C(=O)C2CCOC3(CCCC3)C2)co1. The highest BCUT2D eigenvalue weighted by Crippen LogP contribution is 2.42. The van der Waals surface area contributed by atoms with E-state index in [9.17, 15) is 4.79 Å². The predicted octanol–water partition coefficient (Wildman–Crippen LogP) is 3.51. The second-order valence-electron chi connectivity index (χ2n) is 5.74. The molecule has 1 atom stereocenters. The maximum Gasteiger partial charge on any atom is 0.169 e. The Labute approximate surface area is 108 Å². The van der Waals surface area contributed by atoms with E-state index in [0.717, 1.165) is 43.6 Å². The summed E-state index contributed by atoms with van der Waals surface area (Å²) in [7, 11) is 0. The van der Waals surface area contributed by atoms with Crippen LogP contribution in [0.4, 0.5) is 0 Å². The van der Waals surface area contributed by atoms with Crippen LogP contribution in [0.2, 0.25) is 0 Å². The first-order valence-corrected chi connectivity index (χ1v) is 6.92. The van der Waals surface area contributed by atoms with Crippen LogP contribution < -0.4 is 0 Å². The van der Waals surface area contributed by atoms with Gasteiger partial charge < -0.3 is 9.15 Å². The van der Waals surface area contributed by atoms with Crippen molar-refractivity contribution in [3.05, 3.63) is 23.7 Å². The molecule has 2 aliphatic rings. The molecule has 1 aliphatic carbocycles. The van der Waals surface area contributed by atoms with Gasteiger partial charge in [-0.3, -0.25) is 4.79 Å². The highest BCUT2D eigenvalue weighted by molar-refractivity contribution is 5.97. The number of Topliss-reactive ketones (excluding diaryl/α,β-unsaturated/α-hetero) is 1. The highest BCUT2D eigenvalue weighted by atomic mass is 16.5. The fourth-order valence-electron chi connectivity index (χ4n) is 3.43. The van der Waals surface area contributed by atoms with Crippen LogP contribution in [0.25, 0.3) is 0 Å². The topological polar surface area (TPSA) is 39.4 Å². The van der Waals surface area contributed by atoms with Crippen LogP contribution in [0, 0.1) is 12.8 Å². The summed E-state index contributed by atoms with van der Waals surface area (Å²) in [6.45, 7) is 2.60. The molecule has 98 valence electrons. The number of ether oxygens (including phenoxy) is 1. The lowest BCUT2D eigenvalue weighted by Crippen LogP contribution is -2.39. The van der Waals surface area contributed by atoms with Crippen LogP contribution in [0.3, 0.4) is 0 Å². The molecule has 2 heterocycles. The first-order valence-electron chi connectivity index (χ1n) is 6.92. The van der Waals surface area contributed by atoms with Gasteiger partial charge in [0, 0.05) is 12.5 Å². The van der Waals surface area contributed by atoms with Crippen LogP contribution in [0.15, 0.2) is 16.7 Å². The van der Waals surface area contributed by atoms with Crippen molar-refractivity contribution in [1.29, 1.82) is 0 Å². The first kappa shape index (κ1) is 12.0. The van der Waals surface area contributed by atoms with E-state index in [4.69, 9.17) is 9.15 Å². The van der Waals surface area contributed by atoms with Crippen LogP contribution in [0.5, 0.6) is 0 Å². The summed E-state index contributed by atoms with van der Waals surface area (Å²) in [5.74, 6) is 1.16. The average molecular weight is 248 g/mol. The van der Waals surface area contributed by atoms with Crippen molar-refractivity contribution >= 4 is 5.78 Å². The van der Waals surface area contributed by atoms with Crippen molar-refractivity contribution in [2.24, 2.45) is 5.92 Å². The Balaban J connectivity index is 1.74. The molecule has 0 radical (unpaired) electrons. The number of hydrogen-bond acceptors (Lipinski definition) is 3. The zero-order chi connectivity index (χ0) is 12.6. The Morgan fingerprint density at radius 3 is 2.83 bits per heavy atom. The van der Waals surface area contributed by atoms with Crippen molar-refractivity contribution in [1.82, 2.24) is 0 Å². The Kier molecular flexibility index (Phi) is 3.02. The van der Waals surface area contributed by atoms with E-state index in [0.29, 0.717) is 0 Å². The molecule has 3 heteroatoms. The normalized spacial score (nSPS) is 26.6. The summed E-state index contributed by atoms with van der Waals surface area (Å²) in [5, 5.41) is 0. The molecule has 1 aromatic heterocycles. The minimum absolute atomic E-state index is 0.0113. The van der Waals surface area contributed by atoms with Gasteiger partial charge in [-0.15, -0.1) is 0 Å². The summed E-state index contributed by atoms with van der Waals surface area (Å²) in [4.78, 5) is 12.4. The number of carbonyl (C=O) groups is 1. The molecule has 18 heavy (non-hydrogen) atoms. The molecule has 1 spiro atoms. The van der Waals surface area contributed by atoms with Gasteiger partial charge in [-0.05, 0) is 38.7 Å². The van der Waals surface area contributed by atoms with E-state index in [1.165, 1.54) is 12.8 Å². The molecule has 0 bridgehead atoms. The number of furan rings is 1. The molecular formula is C15H20O3. The van der Waals surface area contributed by atoms with Crippen molar-refractivity contribution < 1.29 is 13.9 Å². The molecule has 1 unspecified atom stereocenters. The van der Waals surface area contributed by atoms with E-state index >= 15 is 0 Å². The molecule has 0 amide bonds. The molecule has 3 rings (SSSR count). The van der Waals surface area contributed by atoms with Gasteiger partial charge in [0.15, 0.2) is 5.78 Å². The highest BCUT2D eigenvalue weighted by Gasteiger charge is 2.42. The molecule has 1 aromatic rings. The van der Waals surface area contributed by atoms with Gasteiger partial charge in [-0.25, -0.2) is 0 Å². The zero-order valence-electron chi connectivity index (χ0n) is 10.9. The number of carbonyl (C=O) groups excluding carboxylic acids is 1. The molecule has 1 aliphatic heterocycles. The van der Waals surface area contributed by atoms with Crippen molar-refractivity contribution in [2.45, 2.75) is 51.0 Å². The summed E-state index contributed by atoms with van der Waals surface area (Å²) in [6.07, 6.45) is 8.08. The zero-order valence-corrected chi connectivity index (χ0v) is 10.9. The van der Waals surface area contributed by atoms with Gasteiger partial charge in [-0.2, -0.15) is 0 Å². The summed E-state index contributed by atoms with van der Waals surface area (Å²) < 4.78 is 11.2. The third-order valence-electron chi connectivity index (χ3n) is 4.39. The Morgan fingerprint density at radius 1 is 1.39 bits per heavy atom. The lowest BCUT2D eigenvalue weighted by atomic mass is 9.81. The fraction of sp³-hybridized carbons (Fsp3) is 0.667. The molecule has 3 nitrogen and oxygen atoms in total. The number of ketones is 1. The average Bonchev–Trinajstić information content (AvgIpc) is 2.98. The third kappa shape index (κ3) is 2.12. The molecule has 1 saturated heterocycles. The van der Waals surface area contributed by atoms with E-state index in [-0.39, 0.29) is 17.3 Å². The minimum Gasteiger partial charge on any atom is -0.469 e. The lowest BCUT2D eigenvalue weighted by molar-refractivity contribution is -0.0866. The van der Waals surface area contributed by atoms with Crippen LogP contribution in [-0.4, -0.2) is 18.0 Å². The largest absolute Gasteiger partial charge is 0.469 e. The van der Waals surface area contributed by atoms with Gasteiger partial charge in [0.1, 0.15) is 12.0 Å². The van der Waals surface area contributed by atoms with Gasteiger partial charge in [0.05, 0.1) is 11.2 Å². The summed E-state index contributed by atoms with van der Waals surface area (Å²) >= 11 is 0. The monoisotopic (exact) mass is 248 g/mol. The van der Waals surface area contributed by atoms with E-state index in [1.54, 1.807) is 6.26 Å². The molecule has 1 saturated carbocycles. The maximum atomic E-state index is 12.4. The quantitative estimate of drug-likeness (QED) is 0.752. The number of aryl methyl sites for hydroxylation is 1. The number of rotatable bonds is 2. The van der Waals surface area contributed by atoms with E-state index in [1.807, 2.05) is 13.0 Å². The van der Waals surface area contributed by atoms with Crippen LogP contribution >= 0.6 is 0 Å². The first-order chi connectivity index (χ1) is 8.69. The fourth-order valence-corrected chi connectivity index (χ4v) is 3.43. The second-order valence-corrected chi connectivity index (χ2v) is 5.74. The van der Waals surface area contributed by atoms with Crippen LogP contribution in [-0.2, 0) is 4.74 Å². The lowest BCUT2D eigenvalue weighted by Gasteiger charge is -2.37. The van der Waals surface area contributed by atoms with Crippen LogP contribution in [0.1, 0.15) is 54.6 Å². The molecule has 2 fully saturated rings. The Morgan fingerprint density at radius 2 is 2.17 bits per heavy atom. The summed E-state index contributed by atoms with van der Waals surface area (Å²) in [5.41, 5.74) is 0.740. The minimum atomic E-state index is 0.0113. The van der Waals surface area contributed by atoms with Crippen molar-refractivity contribution in [3.8, 4) is 0 Å². The number of hydrogen-bond donors (Lipinski definition) is 0. The van der Waals surface area contributed by atoms with E-state index in [2.05, 4.69) is 0 Å². The second kappa shape index (κ2) is 4.54. The van der Waals surface area contributed by atoms with Gasteiger partial charge in [-0.1, -0.05) is 12.8 Å². The Hall–Kier alpha value is -1.09. The van der Waals surface area contributed by atoms with Gasteiger partial charge in [0.2, 0.25) is 0 Å². The van der Waals surface area contributed by atoms with Crippen molar-refractivity contribution in [2.75, 3.05) is 6.61 Å². The third-order valence-corrected chi connectivity index (χ3v) is 4.39. The van der Waals surface area contributed by atoms with Crippen molar-refractivity contribution in [3.63, 3.8) is 0 Å². The molecular weight excluding hydrogens is 228 g/mol. The van der Waals surface area contributed by atoms with E-state index < -0.39 is 0 Å². The predicted molar refractivity (Wildman–Crippen MR) is 67.7 cm³/mol. The standard InChI is InChI=1S/C15H20O3/c1-11-8-13(10-17-11)14(16)12-4-7-18-15(9-12)5-2-3-6-15/h8,10,12H,2-7,9H2,1H3. The Bertz CT molecular complexity index is 440. The molecule has 0 N–H and O–H groups in total. The van der Waals surface area contributed by atoms with Gasteiger partial charge >= 0.3 is 0 Å².